The van der Waals surface area contributed by atoms with E-state index < -0.39 is 0 Å². The minimum atomic E-state index is -0.0741. The first kappa shape index (κ1) is 15.4. The van der Waals surface area contributed by atoms with E-state index in [0.29, 0.717) is 11.8 Å². The van der Waals surface area contributed by atoms with E-state index in [9.17, 15) is 5.11 Å². The Morgan fingerprint density at radius 1 is 1.00 bits per heavy atom. The van der Waals surface area contributed by atoms with Crippen molar-refractivity contribution in [1.82, 2.24) is 0 Å². The molecule has 0 aromatic rings. The average Bonchev–Trinajstić information content (AvgIpc) is 1.99. The Morgan fingerprint density at radius 2 is 1.46 bits per heavy atom. The second-order valence-corrected chi connectivity index (χ2v) is 4.05. The minimum absolute atomic E-state index is 0. The highest BCUT2D eigenvalue weighted by Gasteiger charge is 2.20. The van der Waals surface area contributed by atoms with Crippen LogP contribution in [0.4, 0.5) is 0 Å². The molecule has 0 aliphatic rings. The highest BCUT2D eigenvalue weighted by Crippen LogP contribution is 2.23. The van der Waals surface area contributed by atoms with Crippen LogP contribution in [-0.4, -0.2) is 11.2 Å². The van der Waals surface area contributed by atoms with E-state index in [0.717, 1.165) is 12.8 Å². The fraction of sp³-hybridized carbons (Fsp3) is 1.00. The molecule has 0 heterocycles. The van der Waals surface area contributed by atoms with Gasteiger partial charge in [0.05, 0.1) is 6.10 Å². The van der Waals surface area contributed by atoms with Gasteiger partial charge in [-0.2, -0.15) is 0 Å². The van der Waals surface area contributed by atoms with Gasteiger partial charge in [-0.25, -0.2) is 0 Å². The number of hydrogen-bond donors (Lipinski definition) is 1. The first-order chi connectivity index (χ1) is 5.63. The number of aliphatic hydroxyl groups excluding tert-OH is 1. The third kappa shape index (κ3) is 6.09. The molecule has 0 aromatic carbocycles. The molecule has 13 heavy (non-hydrogen) atoms. The normalized spacial score (nSPS) is 15.2. The summed E-state index contributed by atoms with van der Waals surface area (Å²) < 4.78 is 0. The van der Waals surface area contributed by atoms with Crippen LogP contribution in [-0.2, 0) is 0 Å². The molecule has 0 rings (SSSR count). The summed E-state index contributed by atoms with van der Waals surface area (Å²) in [6.45, 7) is 8.74. The smallest absolute Gasteiger partial charge is 0.0570 e. The van der Waals surface area contributed by atoms with Crippen molar-refractivity contribution in [2.75, 3.05) is 0 Å². The topological polar surface area (TPSA) is 20.2 Å². The Kier molecular flexibility index (Phi) is 10.2. The second-order valence-electron chi connectivity index (χ2n) is 4.05. The van der Waals surface area contributed by atoms with E-state index in [4.69, 9.17) is 0 Å². The third-order valence-corrected chi connectivity index (χ3v) is 2.56. The van der Waals surface area contributed by atoms with Crippen LogP contribution in [0.2, 0.25) is 0 Å². The summed E-state index contributed by atoms with van der Waals surface area (Å²) in [5.74, 6) is 1.13. The van der Waals surface area contributed by atoms with Gasteiger partial charge in [-0.1, -0.05) is 48.0 Å². The second kappa shape index (κ2) is 8.55. The fourth-order valence-corrected chi connectivity index (χ4v) is 1.81. The number of hydrogen-bond acceptors (Lipinski definition) is 1. The van der Waals surface area contributed by atoms with Gasteiger partial charge < -0.3 is 5.11 Å². The SMILES string of the molecule is C.CCC[C@H](C(C)C)[C@@H](O)CCC. The Morgan fingerprint density at radius 3 is 1.77 bits per heavy atom. The van der Waals surface area contributed by atoms with Crippen LogP contribution < -0.4 is 0 Å². The lowest BCUT2D eigenvalue weighted by atomic mass is 9.85. The van der Waals surface area contributed by atoms with Crippen LogP contribution in [0.15, 0.2) is 0 Å². The monoisotopic (exact) mass is 188 g/mol. The van der Waals surface area contributed by atoms with Crippen molar-refractivity contribution in [1.29, 1.82) is 0 Å². The highest BCUT2D eigenvalue weighted by molar-refractivity contribution is 4.71. The van der Waals surface area contributed by atoms with Gasteiger partial charge in [-0.3, -0.25) is 0 Å². The fourth-order valence-electron chi connectivity index (χ4n) is 1.81. The quantitative estimate of drug-likeness (QED) is 0.671. The van der Waals surface area contributed by atoms with Gasteiger partial charge in [0.1, 0.15) is 0 Å². The molecule has 0 spiro atoms. The van der Waals surface area contributed by atoms with Crippen LogP contribution in [0, 0.1) is 11.8 Å². The van der Waals surface area contributed by atoms with Crippen molar-refractivity contribution in [2.45, 2.75) is 66.9 Å². The standard InChI is InChI=1S/C11H24O.CH4/c1-5-7-10(9(3)4)11(12)8-6-2;/h9-12H,5-8H2,1-4H3;1H4/t10-,11+;/m1./s1. The third-order valence-electron chi connectivity index (χ3n) is 2.56. The summed E-state index contributed by atoms with van der Waals surface area (Å²) in [5.41, 5.74) is 0. The summed E-state index contributed by atoms with van der Waals surface area (Å²) in [6.07, 6.45) is 4.33. The number of aliphatic hydroxyl groups is 1. The van der Waals surface area contributed by atoms with E-state index in [1.807, 2.05) is 0 Å². The molecule has 82 valence electrons. The van der Waals surface area contributed by atoms with E-state index in [1.165, 1.54) is 12.8 Å². The molecular weight excluding hydrogens is 160 g/mol. The molecule has 1 heteroatoms. The molecule has 1 nitrogen and oxygen atoms in total. The van der Waals surface area contributed by atoms with Crippen LogP contribution in [0.25, 0.3) is 0 Å². The zero-order chi connectivity index (χ0) is 9.56. The average molecular weight is 188 g/mol. The van der Waals surface area contributed by atoms with Gasteiger partial charge in [0.15, 0.2) is 0 Å². The lowest BCUT2D eigenvalue weighted by Crippen LogP contribution is -2.24. The summed E-state index contributed by atoms with van der Waals surface area (Å²) in [6, 6.07) is 0. The van der Waals surface area contributed by atoms with Gasteiger partial charge in [0.2, 0.25) is 0 Å². The largest absolute Gasteiger partial charge is 0.393 e. The van der Waals surface area contributed by atoms with Crippen molar-refractivity contribution in [3.8, 4) is 0 Å². The molecule has 0 saturated carbocycles. The lowest BCUT2D eigenvalue weighted by Gasteiger charge is -2.25. The molecule has 0 bridgehead atoms. The van der Waals surface area contributed by atoms with Gasteiger partial charge in [-0.05, 0) is 24.7 Å². The van der Waals surface area contributed by atoms with Crippen LogP contribution in [0.3, 0.4) is 0 Å². The molecule has 0 unspecified atom stereocenters. The zero-order valence-electron chi connectivity index (χ0n) is 9.01. The van der Waals surface area contributed by atoms with Crippen LogP contribution in [0.5, 0.6) is 0 Å². The summed E-state index contributed by atoms with van der Waals surface area (Å²) in [4.78, 5) is 0. The molecule has 0 radical (unpaired) electrons. The van der Waals surface area contributed by atoms with Crippen molar-refractivity contribution < 1.29 is 5.11 Å². The first-order valence-electron chi connectivity index (χ1n) is 5.31. The maximum absolute atomic E-state index is 9.81. The first-order valence-corrected chi connectivity index (χ1v) is 5.31. The van der Waals surface area contributed by atoms with E-state index in [-0.39, 0.29) is 13.5 Å². The van der Waals surface area contributed by atoms with E-state index in [2.05, 4.69) is 27.7 Å². The molecule has 0 aliphatic heterocycles. The Bertz CT molecular complexity index is 99.3. The van der Waals surface area contributed by atoms with Gasteiger partial charge in [0.25, 0.3) is 0 Å². The summed E-state index contributed by atoms with van der Waals surface area (Å²) >= 11 is 0. The Hall–Kier alpha value is -0.0400. The molecule has 0 amide bonds. The highest BCUT2D eigenvalue weighted by atomic mass is 16.3. The summed E-state index contributed by atoms with van der Waals surface area (Å²) in [7, 11) is 0. The molecule has 0 fully saturated rings. The minimum Gasteiger partial charge on any atom is -0.393 e. The molecule has 2 atom stereocenters. The maximum atomic E-state index is 9.81. The molecule has 0 saturated heterocycles. The molecule has 0 aliphatic carbocycles. The van der Waals surface area contributed by atoms with Crippen molar-refractivity contribution in [2.24, 2.45) is 11.8 Å². The molecular formula is C12H28O. The van der Waals surface area contributed by atoms with Gasteiger partial charge >= 0.3 is 0 Å². The Labute approximate surface area is 84.6 Å². The number of rotatable bonds is 6. The molecule has 0 aromatic heterocycles. The predicted molar refractivity (Wildman–Crippen MR) is 60.9 cm³/mol. The Balaban J connectivity index is 0. The van der Waals surface area contributed by atoms with Crippen LogP contribution >= 0.6 is 0 Å². The van der Waals surface area contributed by atoms with Gasteiger partial charge in [0, 0.05) is 0 Å². The molecule has 1 N–H and O–H groups in total. The maximum Gasteiger partial charge on any atom is 0.0570 e. The van der Waals surface area contributed by atoms with E-state index in [1.54, 1.807) is 0 Å². The van der Waals surface area contributed by atoms with Crippen molar-refractivity contribution in [3.63, 3.8) is 0 Å². The summed E-state index contributed by atoms with van der Waals surface area (Å²) in [5, 5.41) is 9.81. The lowest BCUT2D eigenvalue weighted by molar-refractivity contribution is 0.0674. The predicted octanol–water partition coefficient (Wildman–Crippen LogP) is 3.86. The van der Waals surface area contributed by atoms with Crippen LogP contribution in [0.1, 0.15) is 60.8 Å². The van der Waals surface area contributed by atoms with Crippen molar-refractivity contribution in [3.05, 3.63) is 0 Å². The van der Waals surface area contributed by atoms with E-state index >= 15 is 0 Å². The van der Waals surface area contributed by atoms with Gasteiger partial charge in [-0.15, -0.1) is 0 Å². The van der Waals surface area contributed by atoms with Crippen molar-refractivity contribution >= 4 is 0 Å². The zero-order valence-corrected chi connectivity index (χ0v) is 9.01.